The SMILES string of the molecule is COC(=O)C1=C(C(=O)OC)N(c2c(SCCBr)cc(O)c3c2C(=O)c2ccccc2C3=O)COC1. The van der Waals surface area contributed by atoms with Crippen molar-refractivity contribution >= 4 is 56.9 Å². The summed E-state index contributed by atoms with van der Waals surface area (Å²) in [5, 5.41) is 11.4. The maximum absolute atomic E-state index is 13.7. The Kier molecular flexibility index (Phi) is 7.29. The first kappa shape index (κ1) is 25.0. The van der Waals surface area contributed by atoms with Crippen molar-refractivity contribution in [3.05, 3.63) is 63.9 Å². The minimum atomic E-state index is -0.845. The van der Waals surface area contributed by atoms with Crippen molar-refractivity contribution in [2.75, 3.05) is 43.5 Å². The summed E-state index contributed by atoms with van der Waals surface area (Å²) >= 11 is 4.65. The van der Waals surface area contributed by atoms with Gasteiger partial charge in [-0.25, -0.2) is 9.59 Å². The number of alkyl halides is 1. The average molecular weight is 562 g/mol. The number of ether oxygens (including phenoxy) is 3. The van der Waals surface area contributed by atoms with Gasteiger partial charge in [-0.15, -0.1) is 11.8 Å². The Hall–Kier alpha value is -3.15. The molecular weight excluding hydrogens is 542 g/mol. The molecule has 0 aromatic heterocycles. The van der Waals surface area contributed by atoms with E-state index in [-0.39, 0.29) is 58.3 Å². The van der Waals surface area contributed by atoms with Gasteiger partial charge in [0.1, 0.15) is 18.2 Å². The van der Waals surface area contributed by atoms with Crippen LogP contribution in [-0.4, -0.2) is 67.3 Å². The van der Waals surface area contributed by atoms with E-state index in [1.807, 2.05) is 0 Å². The molecule has 4 rings (SSSR count). The van der Waals surface area contributed by atoms with Crippen LogP contribution in [0.4, 0.5) is 5.69 Å². The Bertz CT molecular complexity index is 1290. The predicted octanol–water partition coefficient (Wildman–Crippen LogP) is 3.05. The number of fused-ring (bicyclic) bond motifs is 2. The molecule has 2 aromatic rings. The number of anilines is 1. The summed E-state index contributed by atoms with van der Waals surface area (Å²) in [4.78, 5) is 54.2. The highest BCUT2D eigenvalue weighted by Crippen LogP contribution is 2.46. The molecular formula is C24H20BrNO8S. The zero-order chi connectivity index (χ0) is 25.3. The zero-order valence-electron chi connectivity index (χ0n) is 18.8. The largest absolute Gasteiger partial charge is 0.507 e. The van der Waals surface area contributed by atoms with Gasteiger partial charge in [-0.05, 0) is 6.07 Å². The van der Waals surface area contributed by atoms with Crippen LogP contribution in [0.1, 0.15) is 31.8 Å². The van der Waals surface area contributed by atoms with Crippen molar-refractivity contribution < 1.29 is 38.5 Å². The Morgan fingerprint density at radius 3 is 2.31 bits per heavy atom. The maximum atomic E-state index is 13.7. The first-order chi connectivity index (χ1) is 16.8. The third-order valence-corrected chi connectivity index (χ3v) is 7.50. The van der Waals surface area contributed by atoms with E-state index in [1.54, 1.807) is 12.1 Å². The molecule has 0 unspecified atom stereocenters. The molecule has 0 saturated carbocycles. The number of esters is 2. The van der Waals surface area contributed by atoms with E-state index in [0.717, 1.165) is 7.11 Å². The molecule has 2 aromatic carbocycles. The van der Waals surface area contributed by atoms with Gasteiger partial charge in [0.15, 0.2) is 11.6 Å². The lowest BCUT2D eigenvalue weighted by Gasteiger charge is -2.35. The van der Waals surface area contributed by atoms with Crippen LogP contribution in [-0.2, 0) is 23.8 Å². The predicted molar refractivity (Wildman–Crippen MR) is 130 cm³/mol. The first-order valence-corrected chi connectivity index (χ1v) is 12.5. The molecule has 35 heavy (non-hydrogen) atoms. The van der Waals surface area contributed by atoms with Gasteiger partial charge >= 0.3 is 11.9 Å². The van der Waals surface area contributed by atoms with E-state index in [0.29, 0.717) is 16.0 Å². The van der Waals surface area contributed by atoms with Crippen LogP contribution in [0.3, 0.4) is 0 Å². The molecule has 1 aliphatic heterocycles. The number of thioether (sulfide) groups is 1. The van der Waals surface area contributed by atoms with Crippen molar-refractivity contribution in [2.45, 2.75) is 4.90 Å². The van der Waals surface area contributed by atoms with E-state index in [2.05, 4.69) is 15.9 Å². The fraction of sp³-hybridized carbons (Fsp3) is 0.250. The molecule has 11 heteroatoms. The molecule has 1 aliphatic carbocycles. The van der Waals surface area contributed by atoms with Crippen LogP contribution in [0, 0.1) is 0 Å². The second-order valence-corrected chi connectivity index (χ2v) is 9.38. The van der Waals surface area contributed by atoms with Gasteiger partial charge in [-0.3, -0.25) is 9.59 Å². The highest BCUT2D eigenvalue weighted by molar-refractivity contribution is 9.09. The number of nitrogens with zero attached hydrogens (tertiary/aromatic N) is 1. The van der Waals surface area contributed by atoms with Gasteiger partial charge in [0.2, 0.25) is 0 Å². The molecule has 0 fully saturated rings. The van der Waals surface area contributed by atoms with Crippen LogP contribution in [0.25, 0.3) is 0 Å². The van der Waals surface area contributed by atoms with Gasteiger partial charge in [-0.1, -0.05) is 40.2 Å². The summed E-state index contributed by atoms with van der Waals surface area (Å²) in [5.74, 6) is -2.49. The molecule has 1 heterocycles. The smallest absolute Gasteiger partial charge is 0.355 e. The molecule has 0 spiro atoms. The van der Waals surface area contributed by atoms with Crippen LogP contribution in [0.5, 0.6) is 5.75 Å². The van der Waals surface area contributed by atoms with Crippen LogP contribution >= 0.6 is 27.7 Å². The van der Waals surface area contributed by atoms with Crippen LogP contribution in [0.2, 0.25) is 0 Å². The summed E-state index contributed by atoms with van der Waals surface area (Å²) in [7, 11) is 2.33. The summed E-state index contributed by atoms with van der Waals surface area (Å²) in [6.07, 6.45) is 0. The lowest BCUT2D eigenvalue weighted by molar-refractivity contribution is -0.140. The number of aromatic hydroxyl groups is 1. The minimum Gasteiger partial charge on any atom is -0.507 e. The summed E-state index contributed by atoms with van der Waals surface area (Å²) in [5.41, 5.74) is -0.0255. The molecule has 9 nitrogen and oxygen atoms in total. The summed E-state index contributed by atoms with van der Waals surface area (Å²) in [6.45, 7) is -0.430. The number of hydrogen-bond donors (Lipinski definition) is 1. The first-order valence-electron chi connectivity index (χ1n) is 10.4. The lowest BCUT2D eigenvalue weighted by atomic mass is 9.82. The van der Waals surface area contributed by atoms with Crippen molar-refractivity contribution in [1.82, 2.24) is 0 Å². The van der Waals surface area contributed by atoms with Crippen molar-refractivity contribution in [3.8, 4) is 5.75 Å². The average Bonchev–Trinajstić information content (AvgIpc) is 2.88. The number of rotatable bonds is 6. The Morgan fingerprint density at radius 1 is 1.09 bits per heavy atom. The fourth-order valence-corrected chi connectivity index (χ4v) is 5.41. The summed E-state index contributed by atoms with van der Waals surface area (Å²) < 4.78 is 15.4. The van der Waals surface area contributed by atoms with Crippen molar-refractivity contribution in [3.63, 3.8) is 0 Å². The Labute approximate surface area is 213 Å². The van der Waals surface area contributed by atoms with Crippen LogP contribution in [0.15, 0.2) is 46.5 Å². The molecule has 0 radical (unpaired) electrons. The minimum absolute atomic E-state index is 0.0816. The number of benzene rings is 2. The normalized spacial score (nSPS) is 15.0. The van der Waals surface area contributed by atoms with Gasteiger partial charge in [0.25, 0.3) is 0 Å². The van der Waals surface area contributed by atoms with Crippen LogP contribution < -0.4 is 4.90 Å². The third-order valence-electron chi connectivity index (χ3n) is 5.55. The van der Waals surface area contributed by atoms with Gasteiger partial charge < -0.3 is 24.2 Å². The van der Waals surface area contributed by atoms with Crippen molar-refractivity contribution in [1.29, 1.82) is 0 Å². The molecule has 2 aliphatic rings. The summed E-state index contributed by atoms with van der Waals surface area (Å²) in [6, 6.07) is 7.69. The second-order valence-electron chi connectivity index (χ2n) is 7.45. The molecule has 182 valence electrons. The number of phenolic OH excluding ortho intramolecular Hbond substituents is 1. The van der Waals surface area contributed by atoms with Gasteiger partial charge in [-0.2, -0.15) is 0 Å². The quantitative estimate of drug-likeness (QED) is 0.273. The standard InChI is InChI=1S/C24H20BrNO8S/c1-32-23(30)14-10-34-11-26(19(14)24(31)33-2)20-16(35-8-7-25)9-15(27)17-18(20)22(29)13-6-4-3-5-12(13)21(17)28/h3-6,9,27H,7-8,10-11H2,1-2H3. The molecule has 0 saturated heterocycles. The number of methoxy groups -OCH3 is 2. The molecule has 0 bridgehead atoms. The molecule has 1 N–H and O–H groups in total. The van der Waals surface area contributed by atoms with E-state index in [9.17, 15) is 24.3 Å². The van der Waals surface area contributed by atoms with E-state index in [4.69, 9.17) is 14.2 Å². The highest BCUT2D eigenvalue weighted by Gasteiger charge is 2.41. The molecule has 0 amide bonds. The van der Waals surface area contributed by atoms with Gasteiger partial charge in [0, 0.05) is 27.1 Å². The number of carbonyl (C=O) groups excluding carboxylic acids is 4. The number of phenols is 1. The zero-order valence-corrected chi connectivity index (χ0v) is 21.2. The van der Waals surface area contributed by atoms with E-state index in [1.165, 1.54) is 42.0 Å². The van der Waals surface area contributed by atoms with E-state index < -0.39 is 23.5 Å². The third kappa shape index (κ3) is 4.24. The second kappa shape index (κ2) is 10.2. The fourth-order valence-electron chi connectivity index (χ4n) is 4.08. The monoisotopic (exact) mass is 561 g/mol. The van der Waals surface area contributed by atoms with Gasteiger partial charge in [0.05, 0.1) is 43.2 Å². The molecule has 0 atom stereocenters. The number of halogens is 1. The number of carbonyl (C=O) groups is 4. The number of hydrogen-bond acceptors (Lipinski definition) is 10. The topological polar surface area (TPSA) is 119 Å². The maximum Gasteiger partial charge on any atom is 0.355 e. The number of ketones is 2. The van der Waals surface area contributed by atoms with Crippen molar-refractivity contribution in [2.24, 2.45) is 0 Å². The highest BCUT2D eigenvalue weighted by atomic mass is 79.9. The lowest BCUT2D eigenvalue weighted by Crippen LogP contribution is -2.40. The Balaban J connectivity index is 2.06. The van der Waals surface area contributed by atoms with E-state index >= 15 is 0 Å². The Morgan fingerprint density at radius 2 is 1.71 bits per heavy atom.